The number of hydrogen-bond donors (Lipinski definition) is 1. The number of methoxy groups -OCH3 is 1. The second-order valence-corrected chi connectivity index (χ2v) is 6.80. The first-order chi connectivity index (χ1) is 14.5. The van der Waals surface area contributed by atoms with Gasteiger partial charge in [0.15, 0.2) is 11.5 Å². The van der Waals surface area contributed by atoms with E-state index in [1.165, 1.54) is 43.8 Å². The summed E-state index contributed by atoms with van der Waals surface area (Å²) in [6, 6.07) is 12.3. The summed E-state index contributed by atoms with van der Waals surface area (Å²) in [4.78, 5) is 14.4. The third-order valence-electron chi connectivity index (χ3n) is 3.92. The van der Waals surface area contributed by atoms with Crippen molar-refractivity contribution in [3.05, 3.63) is 86.3 Å². The lowest BCUT2D eigenvalue weighted by molar-refractivity contribution is -0.384. The summed E-state index contributed by atoms with van der Waals surface area (Å²) in [6.07, 6.45) is 2.88. The number of hydrogen-bond acceptors (Lipinski definition) is 7. The molecule has 0 atom stereocenters. The topological polar surface area (TPSA) is 98.9 Å². The highest BCUT2D eigenvalue weighted by Crippen LogP contribution is 2.33. The lowest BCUT2D eigenvalue weighted by Crippen LogP contribution is -2.01. The third-order valence-corrected chi connectivity index (χ3v) is 4.61. The Morgan fingerprint density at radius 1 is 1.27 bits per heavy atom. The van der Waals surface area contributed by atoms with Crippen molar-refractivity contribution in [1.29, 1.82) is 0 Å². The Kier molecular flexibility index (Phi) is 6.91. The first kappa shape index (κ1) is 21.2. The number of aromatic nitrogens is 1. The van der Waals surface area contributed by atoms with E-state index >= 15 is 0 Å². The zero-order chi connectivity index (χ0) is 21.5. The molecule has 8 nitrogen and oxygen atoms in total. The largest absolute Gasteiger partial charge is 0.493 e. The van der Waals surface area contributed by atoms with E-state index in [1.807, 2.05) is 0 Å². The molecular weight excluding hydrogens is 459 g/mol. The predicted molar refractivity (Wildman–Crippen MR) is 114 cm³/mol. The van der Waals surface area contributed by atoms with Gasteiger partial charge in [0.25, 0.3) is 0 Å². The predicted octanol–water partition coefficient (Wildman–Crippen LogP) is 4.93. The van der Waals surface area contributed by atoms with Crippen LogP contribution in [0.4, 0.5) is 15.9 Å². The van der Waals surface area contributed by atoms with Crippen molar-refractivity contribution in [3.8, 4) is 11.5 Å². The molecule has 10 heteroatoms. The molecule has 0 saturated heterocycles. The van der Waals surface area contributed by atoms with Crippen molar-refractivity contribution in [1.82, 2.24) is 4.98 Å². The van der Waals surface area contributed by atoms with Crippen LogP contribution in [0.15, 0.2) is 64.3 Å². The zero-order valence-electron chi connectivity index (χ0n) is 15.7. The van der Waals surface area contributed by atoms with Crippen molar-refractivity contribution >= 4 is 33.6 Å². The van der Waals surface area contributed by atoms with Gasteiger partial charge in [0, 0.05) is 22.3 Å². The molecule has 30 heavy (non-hydrogen) atoms. The highest BCUT2D eigenvalue weighted by molar-refractivity contribution is 9.10. The molecule has 2 aromatic carbocycles. The number of rotatable bonds is 8. The van der Waals surface area contributed by atoms with Gasteiger partial charge >= 0.3 is 5.69 Å². The van der Waals surface area contributed by atoms with E-state index in [0.717, 1.165) is 0 Å². The SMILES string of the molecule is COc1cc(/C=N\Nc2ncccc2[N+](=O)[O-])c(Br)cc1OCc1cccc(F)c1. The van der Waals surface area contributed by atoms with Crippen LogP contribution in [-0.2, 0) is 6.61 Å². The van der Waals surface area contributed by atoms with Gasteiger partial charge in [0.1, 0.15) is 12.4 Å². The normalized spacial score (nSPS) is 10.8. The number of anilines is 1. The van der Waals surface area contributed by atoms with Gasteiger partial charge in [-0.15, -0.1) is 0 Å². The molecule has 0 unspecified atom stereocenters. The summed E-state index contributed by atoms with van der Waals surface area (Å²) >= 11 is 3.43. The van der Waals surface area contributed by atoms with Crippen LogP contribution in [0.5, 0.6) is 11.5 Å². The summed E-state index contributed by atoms with van der Waals surface area (Å²) in [5.74, 6) is 0.590. The van der Waals surface area contributed by atoms with Crippen LogP contribution in [0.3, 0.4) is 0 Å². The number of hydrazone groups is 1. The van der Waals surface area contributed by atoms with Gasteiger partial charge in [-0.05, 0) is 51.8 Å². The Morgan fingerprint density at radius 2 is 2.10 bits per heavy atom. The Morgan fingerprint density at radius 3 is 2.83 bits per heavy atom. The minimum Gasteiger partial charge on any atom is -0.493 e. The zero-order valence-corrected chi connectivity index (χ0v) is 17.3. The fraction of sp³-hybridized carbons (Fsp3) is 0.100. The highest BCUT2D eigenvalue weighted by Gasteiger charge is 2.13. The van der Waals surface area contributed by atoms with Crippen LogP contribution in [0.2, 0.25) is 0 Å². The fourth-order valence-corrected chi connectivity index (χ4v) is 2.93. The second kappa shape index (κ2) is 9.79. The van der Waals surface area contributed by atoms with Crippen LogP contribution < -0.4 is 14.9 Å². The summed E-state index contributed by atoms with van der Waals surface area (Å²) in [6.45, 7) is 0.166. The van der Waals surface area contributed by atoms with Crippen molar-refractivity contribution in [3.63, 3.8) is 0 Å². The maximum atomic E-state index is 13.3. The third kappa shape index (κ3) is 5.29. The number of halogens is 2. The number of ether oxygens (including phenoxy) is 2. The van der Waals surface area contributed by atoms with E-state index in [1.54, 1.807) is 24.3 Å². The number of pyridine rings is 1. The van der Waals surface area contributed by atoms with Crippen LogP contribution in [0, 0.1) is 15.9 Å². The van der Waals surface area contributed by atoms with Gasteiger partial charge in [-0.1, -0.05) is 12.1 Å². The first-order valence-electron chi connectivity index (χ1n) is 8.61. The van der Waals surface area contributed by atoms with Crippen molar-refractivity contribution < 1.29 is 18.8 Å². The minimum atomic E-state index is -0.547. The van der Waals surface area contributed by atoms with Gasteiger partial charge in [-0.25, -0.2) is 9.37 Å². The molecule has 0 bridgehead atoms. The Balaban J connectivity index is 1.75. The van der Waals surface area contributed by atoms with E-state index in [-0.39, 0.29) is 23.9 Å². The molecular formula is C20H16BrFN4O4. The van der Waals surface area contributed by atoms with Gasteiger partial charge < -0.3 is 9.47 Å². The standard InChI is InChI=1S/C20H16BrFN4O4/c1-29-18-9-14(11-24-25-20-17(26(27)28)6-3-7-23-20)16(21)10-19(18)30-12-13-4-2-5-15(22)8-13/h2-11H,12H2,1H3,(H,23,25)/b24-11-. The first-order valence-corrected chi connectivity index (χ1v) is 9.40. The van der Waals surface area contributed by atoms with Gasteiger partial charge in [-0.3, -0.25) is 15.5 Å². The molecule has 1 heterocycles. The van der Waals surface area contributed by atoms with E-state index in [2.05, 4.69) is 31.4 Å². The van der Waals surface area contributed by atoms with Gasteiger partial charge in [-0.2, -0.15) is 5.10 Å². The number of nitrogens with zero attached hydrogens (tertiary/aromatic N) is 3. The summed E-state index contributed by atoms with van der Waals surface area (Å²) in [7, 11) is 1.49. The van der Waals surface area contributed by atoms with Crippen molar-refractivity contribution in [2.24, 2.45) is 5.10 Å². The average molecular weight is 475 g/mol. The van der Waals surface area contributed by atoms with Crippen molar-refractivity contribution in [2.75, 3.05) is 12.5 Å². The van der Waals surface area contributed by atoms with E-state index < -0.39 is 4.92 Å². The van der Waals surface area contributed by atoms with Gasteiger partial charge in [0.05, 0.1) is 18.2 Å². The van der Waals surface area contributed by atoms with Crippen LogP contribution in [0.1, 0.15) is 11.1 Å². The second-order valence-electron chi connectivity index (χ2n) is 5.94. The maximum absolute atomic E-state index is 13.3. The molecule has 0 aliphatic rings. The quantitative estimate of drug-likeness (QED) is 0.282. The molecule has 1 N–H and O–H groups in total. The minimum absolute atomic E-state index is 0.0249. The number of benzene rings is 2. The molecule has 0 saturated carbocycles. The van der Waals surface area contributed by atoms with E-state index in [0.29, 0.717) is 27.1 Å². The monoisotopic (exact) mass is 474 g/mol. The average Bonchev–Trinajstić information content (AvgIpc) is 2.73. The van der Waals surface area contributed by atoms with Crippen molar-refractivity contribution in [2.45, 2.75) is 6.61 Å². The van der Waals surface area contributed by atoms with Crippen LogP contribution >= 0.6 is 15.9 Å². The van der Waals surface area contributed by atoms with Gasteiger partial charge in [0.2, 0.25) is 5.82 Å². The van der Waals surface area contributed by atoms with E-state index in [4.69, 9.17) is 9.47 Å². The summed E-state index contributed by atoms with van der Waals surface area (Å²) in [5.41, 5.74) is 3.69. The Bertz CT molecular complexity index is 1090. The fourth-order valence-electron chi connectivity index (χ4n) is 2.50. The van der Waals surface area contributed by atoms with Crippen LogP contribution in [-0.4, -0.2) is 23.2 Å². The lowest BCUT2D eigenvalue weighted by Gasteiger charge is -2.13. The van der Waals surface area contributed by atoms with Crippen LogP contribution in [0.25, 0.3) is 0 Å². The molecule has 0 fully saturated rings. The molecule has 0 spiro atoms. The summed E-state index contributed by atoms with van der Waals surface area (Å²) < 4.78 is 25.1. The Labute approximate surface area is 179 Å². The molecule has 3 rings (SSSR count). The maximum Gasteiger partial charge on any atom is 0.313 e. The Hall–Kier alpha value is -3.53. The molecule has 0 aliphatic carbocycles. The molecule has 0 aliphatic heterocycles. The highest BCUT2D eigenvalue weighted by atomic mass is 79.9. The smallest absolute Gasteiger partial charge is 0.313 e. The summed E-state index contributed by atoms with van der Waals surface area (Å²) in [5, 5.41) is 15.0. The molecule has 0 radical (unpaired) electrons. The lowest BCUT2D eigenvalue weighted by atomic mass is 10.2. The number of nitro groups is 1. The number of nitrogens with one attached hydrogen (secondary N) is 1. The molecule has 3 aromatic rings. The molecule has 0 amide bonds. The molecule has 1 aromatic heterocycles. The van der Waals surface area contributed by atoms with E-state index in [9.17, 15) is 14.5 Å². The molecule has 154 valence electrons.